The lowest BCUT2D eigenvalue weighted by atomic mass is 9.93. The minimum atomic E-state index is 0.177. The fourth-order valence-corrected chi connectivity index (χ4v) is 3.83. The number of carbonyl (C=O) groups is 1. The first-order valence-corrected chi connectivity index (χ1v) is 6.00. The zero-order valence-corrected chi connectivity index (χ0v) is 9.63. The summed E-state index contributed by atoms with van der Waals surface area (Å²) in [5, 5.41) is 0.206. The van der Waals surface area contributed by atoms with Gasteiger partial charge in [0.2, 0.25) is 5.91 Å². The number of hydrogen-bond donors (Lipinski definition) is 0. The van der Waals surface area contributed by atoms with Crippen molar-refractivity contribution in [3.8, 4) is 0 Å². The van der Waals surface area contributed by atoms with E-state index in [4.69, 9.17) is 11.6 Å². The zero-order chi connectivity index (χ0) is 10.3. The Morgan fingerprint density at radius 2 is 2.07 bits per heavy atom. The number of rotatable bonds is 2. The molecule has 1 amide bonds. The van der Waals surface area contributed by atoms with Crippen LogP contribution in [0.1, 0.15) is 33.1 Å². The van der Waals surface area contributed by atoms with Crippen LogP contribution in [0.2, 0.25) is 0 Å². The molecule has 0 unspecified atom stereocenters. The fourth-order valence-electron chi connectivity index (χ4n) is 3.26. The molecular weight excluding hydrogens is 198 g/mol. The maximum atomic E-state index is 11.5. The quantitative estimate of drug-likeness (QED) is 0.648. The normalized spacial score (nSPS) is 40.2. The molecule has 0 N–H and O–H groups in total. The molecular formula is C11H18ClNO. The van der Waals surface area contributed by atoms with E-state index in [1.807, 2.05) is 11.8 Å². The largest absolute Gasteiger partial charge is 0.338 e. The molecule has 2 nitrogen and oxygen atoms in total. The lowest BCUT2D eigenvalue weighted by Crippen LogP contribution is -2.47. The van der Waals surface area contributed by atoms with Gasteiger partial charge in [0, 0.05) is 13.5 Å². The second kappa shape index (κ2) is 3.73. The highest BCUT2D eigenvalue weighted by Crippen LogP contribution is 2.49. The smallest absolute Gasteiger partial charge is 0.219 e. The van der Waals surface area contributed by atoms with Crippen molar-refractivity contribution in [1.82, 2.24) is 4.90 Å². The molecule has 80 valence electrons. The van der Waals surface area contributed by atoms with E-state index in [0.29, 0.717) is 17.9 Å². The first kappa shape index (κ1) is 10.3. The maximum absolute atomic E-state index is 11.5. The molecule has 0 aromatic heterocycles. The van der Waals surface area contributed by atoms with Crippen LogP contribution in [-0.4, -0.2) is 28.8 Å². The van der Waals surface area contributed by atoms with E-state index in [1.165, 1.54) is 19.3 Å². The average Bonchev–Trinajstić information content (AvgIpc) is 2.69. The number of nitrogens with zero attached hydrogens (tertiary/aromatic N) is 1. The predicted octanol–water partition coefficient (Wildman–Crippen LogP) is 2.26. The SMILES string of the molecule is CCN(C(C)=O)[C@H]1[C@@H]2CC[C@@H](C2)[C@H]1Cl. The molecule has 2 saturated carbocycles. The molecule has 2 aliphatic carbocycles. The van der Waals surface area contributed by atoms with Crippen molar-refractivity contribution in [2.24, 2.45) is 11.8 Å². The topological polar surface area (TPSA) is 20.3 Å². The minimum Gasteiger partial charge on any atom is -0.338 e. The highest BCUT2D eigenvalue weighted by Gasteiger charge is 2.49. The Kier molecular flexibility index (Phi) is 2.74. The van der Waals surface area contributed by atoms with E-state index >= 15 is 0 Å². The van der Waals surface area contributed by atoms with Gasteiger partial charge in [0.25, 0.3) is 0 Å². The van der Waals surface area contributed by atoms with Gasteiger partial charge in [-0.25, -0.2) is 0 Å². The van der Waals surface area contributed by atoms with E-state index in [2.05, 4.69) is 0 Å². The number of carbonyl (C=O) groups excluding carboxylic acids is 1. The number of alkyl halides is 1. The van der Waals surface area contributed by atoms with Crippen LogP contribution in [0.4, 0.5) is 0 Å². The van der Waals surface area contributed by atoms with Crippen molar-refractivity contribution in [2.45, 2.75) is 44.5 Å². The molecule has 3 heteroatoms. The van der Waals surface area contributed by atoms with E-state index < -0.39 is 0 Å². The molecule has 14 heavy (non-hydrogen) atoms. The third kappa shape index (κ3) is 1.44. The average molecular weight is 216 g/mol. The molecule has 0 saturated heterocycles. The first-order chi connectivity index (χ1) is 6.65. The Balaban J connectivity index is 2.13. The minimum absolute atomic E-state index is 0.177. The van der Waals surface area contributed by atoms with Gasteiger partial charge in [-0.1, -0.05) is 0 Å². The van der Waals surface area contributed by atoms with Gasteiger partial charge in [-0.3, -0.25) is 4.79 Å². The first-order valence-electron chi connectivity index (χ1n) is 5.56. The van der Waals surface area contributed by atoms with Crippen LogP contribution in [0.25, 0.3) is 0 Å². The molecule has 4 atom stereocenters. The predicted molar refractivity (Wildman–Crippen MR) is 57.3 cm³/mol. The second-order valence-corrected chi connectivity index (χ2v) is 5.08. The highest BCUT2D eigenvalue weighted by atomic mass is 35.5. The fraction of sp³-hybridized carbons (Fsp3) is 0.909. The summed E-state index contributed by atoms with van der Waals surface area (Å²) in [5.74, 6) is 1.52. The Morgan fingerprint density at radius 1 is 1.43 bits per heavy atom. The van der Waals surface area contributed by atoms with Gasteiger partial charge >= 0.3 is 0 Å². The van der Waals surface area contributed by atoms with Gasteiger partial charge in [0.05, 0.1) is 11.4 Å². The molecule has 0 heterocycles. The summed E-state index contributed by atoms with van der Waals surface area (Å²) in [7, 11) is 0. The van der Waals surface area contributed by atoms with Crippen molar-refractivity contribution in [2.75, 3.05) is 6.54 Å². The Hall–Kier alpha value is -0.240. The van der Waals surface area contributed by atoms with E-state index in [0.717, 1.165) is 6.54 Å². The number of hydrogen-bond acceptors (Lipinski definition) is 1. The van der Waals surface area contributed by atoms with Gasteiger partial charge < -0.3 is 4.90 Å². The van der Waals surface area contributed by atoms with E-state index in [1.54, 1.807) is 6.92 Å². The summed E-state index contributed by atoms with van der Waals surface area (Å²) in [6.45, 7) is 4.49. The second-order valence-electron chi connectivity index (χ2n) is 4.57. The van der Waals surface area contributed by atoms with Crippen LogP contribution in [0.5, 0.6) is 0 Å². The Labute approximate surface area is 90.6 Å². The molecule has 0 aromatic rings. The number of fused-ring (bicyclic) bond motifs is 2. The van der Waals surface area contributed by atoms with E-state index in [-0.39, 0.29) is 11.3 Å². The van der Waals surface area contributed by atoms with Gasteiger partial charge in [-0.2, -0.15) is 0 Å². The monoisotopic (exact) mass is 215 g/mol. The van der Waals surface area contributed by atoms with Crippen molar-refractivity contribution >= 4 is 17.5 Å². The molecule has 2 fully saturated rings. The lowest BCUT2D eigenvalue weighted by molar-refractivity contribution is -0.131. The van der Waals surface area contributed by atoms with Crippen molar-refractivity contribution in [3.63, 3.8) is 0 Å². The molecule has 0 aliphatic heterocycles. The summed E-state index contributed by atoms with van der Waals surface area (Å²) >= 11 is 6.40. The Morgan fingerprint density at radius 3 is 2.50 bits per heavy atom. The van der Waals surface area contributed by atoms with E-state index in [9.17, 15) is 4.79 Å². The van der Waals surface area contributed by atoms with Crippen LogP contribution in [0.15, 0.2) is 0 Å². The summed E-state index contributed by atoms with van der Waals surface area (Å²) in [5.41, 5.74) is 0. The molecule has 0 aromatic carbocycles. The summed E-state index contributed by atoms with van der Waals surface area (Å²) < 4.78 is 0. The van der Waals surface area contributed by atoms with Crippen molar-refractivity contribution in [1.29, 1.82) is 0 Å². The van der Waals surface area contributed by atoms with Gasteiger partial charge in [0.15, 0.2) is 0 Å². The maximum Gasteiger partial charge on any atom is 0.219 e. The van der Waals surface area contributed by atoms with Crippen LogP contribution < -0.4 is 0 Å². The zero-order valence-electron chi connectivity index (χ0n) is 8.87. The molecule has 2 aliphatic rings. The lowest BCUT2D eigenvalue weighted by Gasteiger charge is -2.36. The van der Waals surface area contributed by atoms with Gasteiger partial charge in [-0.15, -0.1) is 11.6 Å². The molecule has 0 radical (unpaired) electrons. The third-order valence-electron chi connectivity index (χ3n) is 3.88. The summed E-state index contributed by atoms with van der Waals surface area (Å²) in [6.07, 6.45) is 3.77. The molecule has 0 spiro atoms. The van der Waals surface area contributed by atoms with Crippen LogP contribution in [0.3, 0.4) is 0 Å². The molecule has 2 bridgehead atoms. The number of amides is 1. The van der Waals surface area contributed by atoms with Gasteiger partial charge in [0.1, 0.15) is 0 Å². The van der Waals surface area contributed by atoms with Crippen LogP contribution in [-0.2, 0) is 4.79 Å². The van der Waals surface area contributed by atoms with Crippen LogP contribution in [0, 0.1) is 11.8 Å². The summed E-state index contributed by atoms with van der Waals surface area (Å²) in [6, 6.07) is 0.318. The Bertz CT molecular complexity index is 241. The summed E-state index contributed by atoms with van der Waals surface area (Å²) in [4.78, 5) is 13.4. The van der Waals surface area contributed by atoms with Crippen molar-refractivity contribution in [3.05, 3.63) is 0 Å². The molecule has 2 rings (SSSR count). The third-order valence-corrected chi connectivity index (χ3v) is 4.49. The highest BCUT2D eigenvalue weighted by molar-refractivity contribution is 6.21. The van der Waals surface area contributed by atoms with Crippen LogP contribution >= 0.6 is 11.6 Å². The number of halogens is 1. The standard InChI is InChI=1S/C11H18ClNO/c1-3-13(7(2)14)11-9-5-4-8(6-9)10(11)12/h8-11H,3-6H2,1-2H3/t8-,9+,10+,11-/m0/s1. The van der Waals surface area contributed by atoms with Gasteiger partial charge in [-0.05, 0) is 38.0 Å². The van der Waals surface area contributed by atoms with Crippen molar-refractivity contribution < 1.29 is 4.79 Å².